The first-order chi connectivity index (χ1) is 12.7. The predicted molar refractivity (Wildman–Crippen MR) is 97.5 cm³/mol. The Bertz CT molecular complexity index is 1090. The summed E-state index contributed by atoms with van der Waals surface area (Å²) in [7, 11) is 0. The number of aromatic nitrogens is 5. The normalized spacial score (nSPS) is 19.0. The van der Waals surface area contributed by atoms with Crippen LogP contribution >= 0.6 is 11.3 Å². The van der Waals surface area contributed by atoms with Crippen LogP contribution in [-0.4, -0.2) is 24.9 Å². The Balaban J connectivity index is 1.40. The monoisotopic (exact) mass is 363 g/mol. The van der Waals surface area contributed by atoms with Gasteiger partial charge in [-0.25, -0.2) is 29.3 Å². The van der Waals surface area contributed by atoms with Crippen LogP contribution in [0.15, 0.2) is 43.0 Å². The topological polar surface area (TPSA) is 64.5 Å². The van der Waals surface area contributed by atoms with Gasteiger partial charge in [0.1, 0.15) is 5.52 Å². The third-order valence-corrected chi connectivity index (χ3v) is 5.58. The molecule has 2 atom stereocenters. The number of fused-ring (bicyclic) bond motifs is 1. The van der Waals surface area contributed by atoms with Gasteiger partial charge in [0.2, 0.25) is 0 Å². The molecule has 0 radical (unpaired) electrons. The van der Waals surface area contributed by atoms with Gasteiger partial charge in [0.15, 0.2) is 17.5 Å². The second-order valence-corrected chi connectivity index (χ2v) is 7.68. The molecule has 0 aliphatic heterocycles. The highest BCUT2D eigenvalue weighted by Gasteiger charge is 2.40. The van der Waals surface area contributed by atoms with Crippen molar-refractivity contribution in [1.82, 2.24) is 24.9 Å². The fourth-order valence-electron chi connectivity index (χ4n) is 3.32. The molecule has 1 aliphatic rings. The second-order valence-electron chi connectivity index (χ2n) is 6.44. The summed E-state index contributed by atoms with van der Waals surface area (Å²) < 4.78 is 15.2. The minimum atomic E-state index is -0.236. The molecule has 7 heteroatoms. The first-order valence-corrected chi connectivity index (χ1v) is 9.16. The molecular formula is C19H14FN5S. The van der Waals surface area contributed by atoms with E-state index >= 15 is 0 Å². The van der Waals surface area contributed by atoms with E-state index in [1.54, 1.807) is 24.5 Å². The van der Waals surface area contributed by atoms with Gasteiger partial charge in [-0.15, -0.1) is 11.3 Å². The van der Waals surface area contributed by atoms with Gasteiger partial charge in [0.25, 0.3) is 0 Å². The van der Waals surface area contributed by atoms with Crippen molar-refractivity contribution in [2.45, 2.75) is 25.2 Å². The lowest BCUT2D eigenvalue weighted by molar-refractivity contribution is 0.635. The van der Waals surface area contributed by atoms with Crippen molar-refractivity contribution >= 4 is 21.6 Å². The Kier molecular flexibility index (Phi) is 3.49. The van der Waals surface area contributed by atoms with E-state index in [0.29, 0.717) is 29.0 Å². The molecule has 0 spiro atoms. The molecule has 26 heavy (non-hydrogen) atoms. The molecule has 0 amide bonds. The summed E-state index contributed by atoms with van der Waals surface area (Å²) >= 11 is 1.53. The Morgan fingerprint density at radius 2 is 1.65 bits per heavy atom. The number of nitrogens with zero attached hydrogens (tertiary/aromatic N) is 5. The van der Waals surface area contributed by atoms with E-state index in [4.69, 9.17) is 0 Å². The molecule has 1 aliphatic carbocycles. The predicted octanol–water partition coefficient (Wildman–Crippen LogP) is 4.26. The van der Waals surface area contributed by atoms with Crippen LogP contribution in [0.4, 0.5) is 4.39 Å². The molecule has 128 valence electrons. The van der Waals surface area contributed by atoms with Crippen molar-refractivity contribution in [2.75, 3.05) is 0 Å². The number of aryl methyl sites for hydroxylation is 1. The van der Waals surface area contributed by atoms with E-state index in [2.05, 4.69) is 31.0 Å². The maximum absolute atomic E-state index is 14.3. The number of rotatable bonds is 3. The minimum Gasteiger partial charge on any atom is -0.238 e. The van der Waals surface area contributed by atoms with E-state index < -0.39 is 0 Å². The lowest BCUT2D eigenvalue weighted by atomic mass is 10.1. The number of thiazole rings is 1. The average molecular weight is 363 g/mol. The molecule has 1 fully saturated rings. The summed E-state index contributed by atoms with van der Waals surface area (Å²) in [4.78, 5) is 21.4. The zero-order valence-corrected chi connectivity index (χ0v) is 14.7. The van der Waals surface area contributed by atoms with Gasteiger partial charge in [0.05, 0.1) is 9.71 Å². The molecule has 4 aromatic rings. The van der Waals surface area contributed by atoms with E-state index in [1.165, 1.54) is 11.3 Å². The summed E-state index contributed by atoms with van der Waals surface area (Å²) in [6, 6.07) is 5.45. The SMILES string of the molecule is Cc1nc2c(F)cc(C3CC3c3cnc(-c4ncccn4)nc3)cc2s1. The molecule has 0 bridgehead atoms. The van der Waals surface area contributed by atoms with Gasteiger partial charge in [-0.2, -0.15) is 0 Å². The molecule has 3 aromatic heterocycles. The lowest BCUT2D eigenvalue weighted by Gasteiger charge is -2.03. The lowest BCUT2D eigenvalue weighted by Crippen LogP contribution is -1.96. The molecule has 5 rings (SSSR count). The van der Waals surface area contributed by atoms with Gasteiger partial charge >= 0.3 is 0 Å². The summed E-state index contributed by atoms with van der Waals surface area (Å²) in [5.41, 5.74) is 2.57. The fourth-order valence-corrected chi connectivity index (χ4v) is 4.21. The van der Waals surface area contributed by atoms with Crippen LogP contribution in [0.5, 0.6) is 0 Å². The average Bonchev–Trinajstić information content (AvgIpc) is 3.37. The maximum atomic E-state index is 14.3. The van der Waals surface area contributed by atoms with E-state index in [-0.39, 0.29) is 5.82 Å². The van der Waals surface area contributed by atoms with Crippen molar-refractivity contribution in [2.24, 2.45) is 0 Å². The van der Waals surface area contributed by atoms with Crippen LogP contribution in [0, 0.1) is 12.7 Å². The zero-order valence-electron chi connectivity index (χ0n) is 13.9. The molecule has 0 N–H and O–H groups in total. The minimum absolute atomic E-state index is 0.236. The van der Waals surface area contributed by atoms with Gasteiger partial charge in [0, 0.05) is 24.8 Å². The fraction of sp³-hybridized carbons (Fsp3) is 0.211. The molecule has 0 saturated heterocycles. The Labute approximate surface area is 153 Å². The Hall–Kier alpha value is -2.80. The highest BCUT2D eigenvalue weighted by molar-refractivity contribution is 7.18. The molecule has 2 unspecified atom stereocenters. The number of halogens is 1. The standard InChI is InChI=1S/C19H14FN5S/c1-10-25-17-15(20)5-11(6-16(17)26-10)13-7-14(13)12-8-23-19(24-9-12)18-21-3-2-4-22-18/h2-6,8-9,13-14H,7H2,1H3. The van der Waals surface area contributed by atoms with Crippen LogP contribution in [0.2, 0.25) is 0 Å². The molecule has 3 heterocycles. The van der Waals surface area contributed by atoms with Crippen LogP contribution in [-0.2, 0) is 0 Å². The molecule has 1 aromatic carbocycles. The van der Waals surface area contributed by atoms with Crippen molar-refractivity contribution in [3.05, 3.63) is 64.9 Å². The van der Waals surface area contributed by atoms with Gasteiger partial charge in [-0.05, 0) is 54.5 Å². The van der Waals surface area contributed by atoms with Crippen molar-refractivity contribution in [3.63, 3.8) is 0 Å². The summed E-state index contributed by atoms with van der Waals surface area (Å²) in [5, 5.41) is 0.885. The maximum Gasteiger partial charge on any atom is 0.197 e. The van der Waals surface area contributed by atoms with Crippen LogP contribution in [0.25, 0.3) is 21.9 Å². The quantitative estimate of drug-likeness (QED) is 0.544. The van der Waals surface area contributed by atoms with Crippen molar-refractivity contribution in [3.8, 4) is 11.6 Å². The van der Waals surface area contributed by atoms with Gasteiger partial charge < -0.3 is 0 Å². The first kappa shape index (κ1) is 15.5. The highest BCUT2D eigenvalue weighted by Crippen LogP contribution is 2.55. The van der Waals surface area contributed by atoms with E-state index in [0.717, 1.165) is 27.3 Å². The third-order valence-electron chi connectivity index (χ3n) is 4.66. The Morgan fingerprint density at radius 3 is 2.42 bits per heavy atom. The van der Waals surface area contributed by atoms with Crippen LogP contribution in [0.1, 0.15) is 34.4 Å². The number of hydrogen-bond donors (Lipinski definition) is 0. The van der Waals surface area contributed by atoms with Crippen LogP contribution < -0.4 is 0 Å². The zero-order chi connectivity index (χ0) is 17.7. The molecular weight excluding hydrogens is 349 g/mol. The largest absolute Gasteiger partial charge is 0.238 e. The summed E-state index contributed by atoms with van der Waals surface area (Å²) in [6.07, 6.45) is 7.97. The highest BCUT2D eigenvalue weighted by atomic mass is 32.1. The second kappa shape index (κ2) is 5.88. The molecule has 1 saturated carbocycles. The Morgan fingerprint density at radius 1 is 0.962 bits per heavy atom. The van der Waals surface area contributed by atoms with Crippen molar-refractivity contribution < 1.29 is 4.39 Å². The summed E-state index contributed by atoms with van der Waals surface area (Å²) in [5.74, 6) is 1.42. The smallest absolute Gasteiger partial charge is 0.197 e. The summed E-state index contributed by atoms with van der Waals surface area (Å²) in [6.45, 7) is 1.90. The number of benzene rings is 1. The molecule has 5 nitrogen and oxygen atoms in total. The number of hydrogen-bond acceptors (Lipinski definition) is 6. The van der Waals surface area contributed by atoms with Gasteiger partial charge in [-0.3, -0.25) is 0 Å². The van der Waals surface area contributed by atoms with Crippen molar-refractivity contribution in [1.29, 1.82) is 0 Å². The van der Waals surface area contributed by atoms with Crippen LogP contribution in [0.3, 0.4) is 0 Å². The van der Waals surface area contributed by atoms with Gasteiger partial charge in [-0.1, -0.05) is 0 Å². The van der Waals surface area contributed by atoms with E-state index in [9.17, 15) is 4.39 Å². The van der Waals surface area contributed by atoms with E-state index in [1.807, 2.05) is 19.3 Å². The third kappa shape index (κ3) is 2.64. The first-order valence-electron chi connectivity index (χ1n) is 8.35.